The number of likely N-dealkylation sites (tertiary alicyclic amines) is 1. The Labute approximate surface area is 166 Å². The molecule has 3 rings (SSSR count). The predicted molar refractivity (Wildman–Crippen MR) is 103 cm³/mol. The number of methoxy groups -OCH3 is 2. The van der Waals surface area contributed by atoms with Gasteiger partial charge in [-0.25, -0.2) is 8.42 Å². The molecule has 2 heterocycles. The minimum Gasteiger partial charge on any atom is -0.493 e. The summed E-state index contributed by atoms with van der Waals surface area (Å²) in [6.07, 6.45) is 3.10. The van der Waals surface area contributed by atoms with E-state index in [1.165, 1.54) is 24.6 Å². The number of sulfonamides is 1. The van der Waals surface area contributed by atoms with Gasteiger partial charge in [-0.1, -0.05) is 0 Å². The van der Waals surface area contributed by atoms with Crippen molar-refractivity contribution in [2.24, 2.45) is 0 Å². The van der Waals surface area contributed by atoms with E-state index in [1.807, 2.05) is 4.90 Å². The minimum absolute atomic E-state index is 0.0132. The van der Waals surface area contributed by atoms with Crippen LogP contribution in [0.25, 0.3) is 0 Å². The zero-order valence-corrected chi connectivity index (χ0v) is 17.3. The number of benzene rings is 1. The van der Waals surface area contributed by atoms with Gasteiger partial charge in [0, 0.05) is 32.2 Å². The molecule has 0 atom stereocenters. The van der Waals surface area contributed by atoms with Gasteiger partial charge in [-0.2, -0.15) is 4.31 Å². The summed E-state index contributed by atoms with van der Waals surface area (Å²) in [5.74, 6) is 0.665. The maximum atomic E-state index is 13.3. The van der Waals surface area contributed by atoms with E-state index in [0.717, 1.165) is 32.4 Å². The highest BCUT2D eigenvalue weighted by Gasteiger charge is 2.31. The Morgan fingerprint density at radius 3 is 2.21 bits per heavy atom. The molecule has 2 aliphatic rings. The number of nitrogens with zero attached hydrogens (tertiary/aromatic N) is 2. The summed E-state index contributed by atoms with van der Waals surface area (Å²) >= 11 is 0. The molecule has 1 aromatic rings. The van der Waals surface area contributed by atoms with Crippen molar-refractivity contribution >= 4 is 15.9 Å². The van der Waals surface area contributed by atoms with E-state index in [-0.39, 0.29) is 30.3 Å². The first kappa shape index (κ1) is 20.9. The van der Waals surface area contributed by atoms with E-state index in [9.17, 15) is 13.2 Å². The van der Waals surface area contributed by atoms with Crippen molar-refractivity contribution < 1.29 is 27.4 Å². The van der Waals surface area contributed by atoms with Crippen LogP contribution in [0, 0.1) is 0 Å². The van der Waals surface area contributed by atoms with Crippen LogP contribution in [0.5, 0.6) is 11.5 Å². The SMILES string of the molecule is COc1cc(CC(=O)N2CCCCC2)c(S(=O)(=O)N2CCOCC2)cc1OC. The Kier molecular flexibility index (Phi) is 6.79. The first-order valence-corrected chi connectivity index (χ1v) is 11.0. The molecule has 0 radical (unpaired) electrons. The topological polar surface area (TPSA) is 85.4 Å². The average Bonchev–Trinajstić information content (AvgIpc) is 2.74. The zero-order chi connectivity index (χ0) is 20.1. The standard InChI is InChI=1S/C19H28N2O6S/c1-25-16-12-15(13-19(22)20-6-4-3-5-7-20)18(14-17(16)26-2)28(23,24)21-8-10-27-11-9-21/h12,14H,3-11,13H2,1-2H3. The monoisotopic (exact) mass is 412 g/mol. The van der Waals surface area contributed by atoms with Gasteiger partial charge in [0.05, 0.1) is 38.7 Å². The van der Waals surface area contributed by atoms with Gasteiger partial charge in [-0.15, -0.1) is 0 Å². The molecule has 2 fully saturated rings. The van der Waals surface area contributed by atoms with Crippen molar-refractivity contribution in [1.82, 2.24) is 9.21 Å². The smallest absolute Gasteiger partial charge is 0.243 e. The fourth-order valence-electron chi connectivity index (χ4n) is 3.62. The molecule has 2 aliphatic heterocycles. The Bertz CT molecular complexity index is 799. The molecule has 0 spiro atoms. The molecular weight excluding hydrogens is 384 g/mol. The Morgan fingerprint density at radius 1 is 1.00 bits per heavy atom. The van der Waals surface area contributed by atoms with E-state index < -0.39 is 10.0 Å². The van der Waals surface area contributed by atoms with E-state index >= 15 is 0 Å². The second-order valence-electron chi connectivity index (χ2n) is 6.95. The third-order valence-corrected chi connectivity index (χ3v) is 7.19. The lowest BCUT2D eigenvalue weighted by molar-refractivity contribution is -0.131. The van der Waals surface area contributed by atoms with Gasteiger partial charge in [0.1, 0.15) is 0 Å². The normalized spacial score (nSPS) is 18.7. The van der Waals surface area contributed by atoms with Crippen LogP contribution in [-0.2, 0) is 26.0 Å². The first-order valence-electron chi connectivity index (χ1n) is 9.58. The molecule has 0 aliphatic carbocycles. The summed E-state index contributed by atoms with van der Waals surface area (Å²) in [5, 5.41) is 0. The maximum Gasteiger partial charge on any atom is 0.243 e. The molecule has 9 heteroatoms. The van der Waals surface area contributed by atoms with Gasteiger partial charge in [0.25, 0.3) is 0 Å². The van der Waals surface area contributed by atoms with Crippen molar-refractivity contribution in [3.05, 3.63) is 17.7 Å². The van der Waals surface area contributed by atoms with E-state index in [2.05, 4.69) is 0 Å². The average molecular weight is 413 g/mol. The number of rotatable bonds is 6. The summed E-state index contributed by atoms with van der Waals surface area (Å²) in [6.45, 7) is 2.73. The van der Waals surface area contributed by atoms with Crippen LogP contribution in [0.2, 0.25) is 0 Å². The second-order valence-corrected chi connectivity index (χ2v) is 8.86. The van der Waals surface area contributed by atoms with Gasteiger partial charge >= 0.3 is 0 Å². The van der Waals surface area contributed by atoms with Crippen molar-refractivity contribution in [3.63, 3.8) is 0 Å². The number of amides is 1. The third-order valence-electron chi connectivity index (χ3n) is 5.21. The quantitative estimate of drug-likeness (QED) is 0.700. The molecule has 0 saturated carbocycles. The number of carbonyl (C=O) groups is 1. The lowest BCUT2D eigenvalue weighted by Crippen LogP contribution is -2.41. The molecule has 2 saturated heterocycles. The minimum atomic E-state index is -3.78. The Balaban J connectivity index is 1.97. The highest BCUT2D eigenvalue weighted by atomic mass is 32.2. The lowest BCUT2D eigenvalue weighted by atomic mass is 10.1. The molecule has 1 aromatic carbocycles. The summed E-state index contributed by atoms with van der Waals surface area (Å²) in [7, 11) is -0.829. The van der Waals surface area contributed by atoms with Gasteiger partial charge in [0.15, 0.2) is 11.5 Å². The molecular formula is C19H28N2O6S. The number of carbonyl (C=O) groups excluding carboxylic acids is 1. The lowest BCUT2D eigenvalue weighted by Gasteiger charge is -2.29. The molecule has 0 N–H and O–H groups in total. The highest BCUT2D eigenvalue weighted by Crippen LogP contribution is 2.34. The number of ether oxygens (including phenoxy) is 3. The molecule has 1 amide bonds. The zero-order valence-electron chi connectivity index (χ0n) is 16.5. The Morgan fingerprint density at radius 2 is 1.61 bits per heavy atom. The number of morpholine rings is 1. The fourth-order valence-corrected chi connectivity index (χ4v) is 5.25. The largest absolute Gasteiger partial charge is 0.493 e. The van der Waals surface area contributed by atoms with Crippen molar-refractivity contribution in [2.45, 2.75) is 30.6 Å². The molecule has 28 heavy (non-hydrogen) atoms. The van der Waals surface area contributed by atoms with Crippen molar-refractivity contribution in [1.29, 1.82) is 0 Å². The molecule has 156 valence electrons. The summed E-state index contributed by atoms with van der Waals surface area (Å²) in [5.41, 5.74) is 0.430. The summed E-state index contributed by atoms with van der Waals surface area (Å²) < 4.78 is 43.9. The maximum absolute atomic E-state index is 13.3. The number of hydrogen-bond donors (Lipinski definition) is 0. The predicted octanol–water partition coefficient (Wildman–Crippen LogP) is 1.28. The fraction of sp³-hybridized carbons (Fsp3) is 0.632. The van der Waals surface area contributed by atoms with Crippen LogP contribution < -0.4 is 9.47 Å². The van der Waals surface area contributed by atoms with Crippen LogP contribution in [0.15, 0.2) is 17.0 Å². The van der Waals surface area contributed by atoms with Gasteiger partial charge < -0.3 is 19.1 Å². The van der Waals surface area contributed by atoms with E-state index in [4.69, 9.17) is 14.2 Å². The first-order chi connectivity index (χ1) is 13.5. The van der Waals surface area contributed by atoms with E-state index in [1.54, 1.807) is 6.07 Å². The summed E-state index contributed by atoms with van der Waals surface area (Å²) in [6, 6.07) is 3.07. The van der Waals surface area contributed by atoms with Crippen LogP contribution in [0.3, 0.4) is 0 Å². The molecule has 0 unspecified atom stereocenters. The molecule has 0 aromatic heterocycles. The number of piperidine rings is 1. The number of hydrogen-bond acceptors (Lipinski definition) is 6. The van der Waals surface area contributed by atoms with Crippen LogP contribution in [0.4, 0.5) is 0 Å². The third kappa shape index (κ3) is 4.42. The van der Waals surface area contributed by atoms with E-state index in [0.29, 0.717) is 30.3 Å². The molecule has 8 nitrogen and oxygen atoms in total. The van der Waals surface area contributed by atoms with Crippen molar-refractivity contribution in [2.75, 3.05) is 53.6 Å². The second kappa shape index (κ2) is 9.11. The van der Waals surface area contributed by atoms with Crippen LogP contribution in [0.1, 0.15) is 24.8 Å². The van der Waals surface area contributed by atoms with Crippen molar-refractivity contribution in [3.8, 4) is 11.5 Å². The van der Waals surface area contributed by atoms with Gasteiger partial charge in [0.2, 0.25) is 15.9 Å². The summed E-state index contributed by atoms with van der Waals surface area (Å²) in [4.78, 5) is 14.7. The Hall–Kier alpha value is -1.84. The van der Waals surface area contributed by atoms with Crippen LogP contribution >= 0.6 is 0 Å². The van der Waals surface area contributed by atoms with Gasteiger partial charge in [-0.05, 0) is 30.9 Å². The highest BCUT2D eigenvalue weighted by molar-refractivity contribution is 7.89. The van der Waals surface area contributed by atoms with Gasteiger partial charge in [-0.3, -0.25) is 4.79 Å². The van der Waals surface area contributed by atoms with Crippen LogP contribution in [-0.4, -0.2) is 77.1 Å². The molecule has 0 bridgehead atoms.